The predicted molar refractivity (Wildman–Crippen MR) is 82.3 cm³/mol. The topological polar surface area (TPSA) is 75.3 Å². The highest BCUT2D eigenvalue weighted by molar-refractivity contribution is 9.10. The minimum atomic E-state index is -0.402. The van der Waals surface area contributed by atoms with E-state index in [-0.39, 0.29) is 11.3 Å². The Bertz CT molecular complexity index is 645. The first-order chi connectivity index (χ1) is 8.97. The van der Waals surface area contributed by atoms with Crippen LogP contribution in [0.15, 0.2) is 45.3 Å². The molecule has 0 atom stereocenters. The number of rotatable bonds is 2. The van der Waals surface area contributed by atoms with Crippen LogP contribution in [0.2, 0.25) is 0 Å². The molecule has 98 valence electrons. The molecule has 2 aromatic carbocycles. The van der Waals surface area contributed by atoms with Crippen LogP contribution in [0.25, 0.3) is 0 Å². The molecule has 0 fully saturated rings. The smallest absolute Gasteiger partial charge is 0.259 e. The average molecular weight is 386 g/mol. The van der Waals surface area contributed by atoms with E-state index in [4.69, 9.17) is 5.73 Å². The van der Waals surface area contributed by atoms with Gasteiger partial charge >= 0.3 is 0 Å². The van der Waals surface area contributed by atoms with Gasteiger partial charge in [0.25, 0.3) is 5.91 Å². The molecule has 19 heavy (non-hydrogen) atoms. The van der Waals surface area contributed by atoms with Gasteiger partial charge < -0.3 is 16.2 Å². The van der Waals surface area contributed by atoms with Crippen molar-refractivity contribution in [3.8, 4) is 5.75 Å². The quantitative estimate of drug-likeness (QED) is 0.689. The van der Waals surface area contributed by atoms with Gasteiger partial charge in [-0.1, -0.05) is 15.9 Å². The number of anilines is 2. The van der Waals surface area contributed by atoms with Crippen LogP contribution in [0.1, 0.15) is 10.4 Å². The fourth-order valence-corrected chi connectivity index (χ4v) is 2.12. The first kappa shape index (κ1) is 13.9. The van der Waals surface area contributed by atoms with E-state index < -0.39 is 5.91 Å². The third kappa shape index (κ3) is 3.27. The van der Waals surface area contributed by atoms with Gasteiger partial charge in [0.15, 0.2) is 0 Å². The molecule has 0 radical (unpaired) electrons. The number of nitrogens with two attached hydrogens (primary N) is 1. The molecule has 0 aromatic heterocycles. The maximum Gasteiger partial charge on any atom is 0.259 e. The summed E-state index contributed by atoms with van der Waals surface area (Å²) in [4.78, 5) is 12.0. The Morgan fingerprint density at radius 3 is 2.58 bits per heavy atom. The van der Waals surface area contributed by atoms with Gasteiger partial charge in [-0.25, -0.2) is 0 Å². The number of phenols is 1. The first-order valence-corrected chi connectivity index (χ1v) is 6.91. The summed E-state index contributed by atoms with van der Waals surface area (Å²) < 4.78 is 1.47. The van der Waals surface area contributed by atoms with E-state index in [1.54, 1.807) is 30.3 Å². The van der Waals surface area contributed by atoms with Crippen LogP contribution >= 0.6 is 31.9 Å². The summed E-state index contributed by atoms with van der Waals surface area (Å²) in [6, 6.07) is 9.75. The number of nitrogen functional groups attached to an aromatic ring is 1. The van der Waals surface area contributed by atoms with Crippen LogP contribution in [-0.4, -0.2) is 11.0 Å². The molecule has 6 heteroatoms. The summed E-state index contributed by atoms with van der Waals surface area (Å²) in [6.07, 6.45) is 0. The van der Waals surface area contributed by atoms with Crippen molar-refractivity contribution in [2.45, 2.75) is 0 Å². The Balaban J connectivity index is 2.25. The SMILES string of the molecule is Nc1cc(NC(=O)c2cc(Br)ccc2O)ccc1Br. The van der Waals surface area contributed by atoms with Gasteiger partial charge in [-0.3, -0.25) is 4.79 Å². The highest BCUT2D eigenvalue weighted by Gasteiger charge is 2.12. The molecule has 0 aliphatic carbocycles. The van der Waals surface area contributed by atoms with E-state index >= 15 is 0 Å². The van der Waals surface area contributed by atoms with Crippen molar-refractivity contribution in [1.29, 1.82) is 0 Å². The van der Waals surface area contributed by atoms with Crippen molar-refractivity contribution >= 4 is 49.1 Å². The zero-order chi connectivity index (χ0) is 14.0. The van der Waals surface area contributed by atoms with Gasteiger partial charge in [-0.15, -0.1) is 0 Å². The monoisotopic (exact) mass is 384 g/mol. The third-order valence-electron chi connectivity index (χ3n) is 2.46. The van der Waals surface area contributed by atoms with Gasteiger partial charge in [-0.2, -0.15) is 0 Å². The highest BCUT2D eigenvalue weighted by atomic mass is 79.9. The zero-order valence-electron chi connectivity index (χ0n) is 9.65. The van der Waals surface area contributed by atoms with Crippen molar-refractivity contribution in [3.63, 3.8) is 0 Å². The highest BCUT2D eigenvalue weighted by Crippen LogP contribution is 2.25. The molecular formula is C13H10Br2N2O2. The lowest BCUT2D eigenvalue weighted by Crippen LogP contribution is -2.12. The number of carbonyl (C=O) groups excluding carboxylic acids is 1. The second-order valence-electron chi connectivity index (χ2n) is 3.85. The maximum absolute atomic E-state index is 12.0. The summed E-state index contributed by atoms with van der Waals surface area (Å²) in [5.41, 5.74) is 7.01. The summed E-state index contributed by atoms with van der Waals surface area (Å²) in [5, 5.41) is 12.3. The summed E-state index contributed by atoms with van der Waals surface area (Å²) in [7, 11) is 0. The standard InChI is InChI=1S/C13H10Br2N2O2/c14-7-1-4-12(18)9(5-7)13(19)17-8-2-3-10(15)11(16)6-8/h1-6,18H,16H2,(H,17,19). The van der Waals surface area contributed by atoms with Crippen LogP contribution in [-0.2, 0) is 0 Å². The molecule has 0 aliphatic heterocycles. The van der Waals surface area contributed by atoms with Crippen molar-refractivity contribution in [2.75, 3.05) is 11.1 Å². The van der Waals surface area contributed by atoms with Gasteiger partial charge in [0.05, 0.1) is 5.56 Å². The molecule has 1 amide bonds. The van der Waals surface area contributed by atoms with E-state index in [0.29, 0.717) is 15.8 Å². The normalized spacial score (nSPS) is 10.2. The molecular weight excluding hydrogens is 376 g/mol. The molecule has 0 aliphatic rings. The van der Waals surface area contributed by atoms with E-state index in [1.807, 2.05) is 0 Å². The van der Waals surface area contributed by atoms with E-state index in [1.165, 1.54) is 6.07 Å². The Labute approximate surface area is 126 Å². The Hall–Kier alpha value is -1.53. The molecule has 0 spiro atoms. The van der Waals surface area contributed by atoms with Crippen molar-refractivity contribution in [3.05, 3.63) is 50.9 Å². The van der Waals surface area contributed by atoms with Gasteiger partial charge in [0.2, 0.25) is 0 Å². The minimum Gasteiger partial charge on any atom is -0.507 e. The number of nitrogens with one attached hydrogen (secondary N) is 1. The largest absolute Gasteiger partial charge is 0.507 e. The van der Waals surface area contributed by atoms with Gasteiger partial charge in [0.1, 0.15) is 5.75 Å². The molecule has 0 unspecified atom stereocenters. The van der Waals surface area contributed by atoms with Crippen molar-refractivity contribution in [2.24, 2.45) is 0 Å². The van der Waals surface area contributed by atoms with Crippen LogP contribution in [0.3, 0.4) is 0 Å². The molecule has 0 saturated heterocycles. The Morgan fingerprint density at radius 1 is 1.16 bits per heavy atom. The molecule has 2 aromatic rings. The fourth-order valence-electron chi connectivity index (χ4n) is 1.51. The first-order valence-electron chi connectivity index (χ1n) is 5.32. The number of phenolic OH excluding ortho intramolecular Hbond substituents is 1. The second kappa shape index (κ2) is 5.63. The maximum atomic E-state index is 12.0. The van der Waals surface area contributed by atoms with Crippen LogP contribution in [0.5, 0.6) is 5.75 Å². The van der Waals surface area contributed by atoms with Crippen molar-refractivity contribution < 1.29 is 9.90 Å². The number of carbonyl (C=O) groups is 1. The molecule has 0 bridgehead atoms. The molecule has 4 nitrogen and oxygen atoms in total. The lowest BCUT2D eigenvalue weighted by atomic mass is 10.2. The minimum absolute atomic E-state index is 0.0780. The number of hydrogen-bond acceptors (Lipinski definition) is 3. The van der Waals surface area contributed by atoms with Crippen molar-refractivity contribution in [1.82, 2.24) is 0 Å². The number of halogens is 2. The second-order valence-corrected chi connectivity index (χ2v) is 5.62. The molecule has 0 saturated carbocycles. The van der Waals surface area contributed by atoms with Crippen LogP contribution in [0, 0.1) is 0 Å². The number of aromatic hydroxyl groups is 1. The van der Waals surface area contributed by atoms with E-state index in [9.17, 15) is 9.90 Å². The van der Waals surface area contributed by atoms with Crippen LogP contribution < -0.4 is 11.1 Å². The van der Waals surface area contributed by atoms with Crippen LogP contribution in [0.4, 0.5) is 11.4 Å². The summed E-state index contributed by atoms with van der Waals surface area (Å²) in [6.45, 7) is 0. The Morgan fingerprint density at radius 2 is 1.89 bits per heavy atom. The molecule has 0 heterocycles. The number of hydrogen-bond donors (Lipinski definition) is 3. The number of amides is 1. The third-order valence-corrected chi connectivity index (χ3v) is 3.67. The number of benzene rings is 2. The van der Waals surface area contributed by atoms with E-state index in [0.717, 1.165) is 4.47 Å². The molecule has 2 rings (SSSR count). The average Bonchev–Trinajstić information content (AvgIpc) is 2.36. The van der Waals surface area contributed by atoms with Gasteiger partial charge in [-0.05, 0) is 52.3 Å². The predicted octanol–water partition coefficient (Wildman–Crippen LogP) is 3.75. The van der Waals surface area contributed by atoms with Gasteiger partial charge in [0, 0.05) is 20.3 Å². The summed E-state index contributed by atoms with van der Waals surface area (Å²) >= 11 is 6.53. The summed E-state index contributed by atoms with van der Waals surface area (Å²) in [5.74, 6) is -0.480. The fraction of sp³-hybridized carbons (Fsp3) is 0. The Kier molecular flexibility index (Phi) is 4.11. The zero-order valence-corrected chi connectivity index (χ0v) is 12.8. The lowest BCUT2D eigenvalue weighted by Gasteiger charge is -2.08. The van der Waals surface area contributed by atoms with E-state index in [2.05, 4.69) is 37.2 Å². The lowest BCUT2D eigenvalue weighted by molar-refractivity contribution is 0.102. The molecule has 4 N–H and O–H groups in total.